The smallest absolute Gasteiger partial charge is 0.220 e. The lowest BCUT2D eigenvalue weighted by molar-refractivity contribution is -0.121. The molecule has 0 radical (unpaired) electrons. The topological polar surface area (TPSA) is 38.3 Å². The Morgan fingerprint density at radius 1 is 1.15 bits per heavy atom. The van der Waals surface area contributed by atoms with Gasteiger partial charge < -0.3 is 10.1 Å². The maximum atomic E-state index is 12.1. The molecular formula is C22H28ClNO2. The number of halogens is 1. The maximum Gasteiger partial charge on any atom is 0.220 e. The summed E-state index contributed by atoms with van der Waals surface area (Å²) in [6.45, 7) is 9.04. The Hall–Kier alpha value is -2.00. The third kappa shape index (κ3) is 6.38. The molecule has 0 aliphatic rings. The van der Waals surface area contributed by atoms with Crippen molar-refractivity contribution in [3.63, 3.8) is 0 Å². The summed E-state index contributed by atoms with van der Waals surface area (Å²) in [5.74, 6) is 0.856. The lowest BCUT2D eigenvalue weighted by atomic mass is 9.87. The zero-order chi connectivity index (χ0) is 19.2. The molecule has 1 N–H and O–H groups in total. The number of hydrogen-bond donors (Lipinski definition) is 1. The van der Waals surface area contributed by atoms with Gasteiger partial charge in [-0.15, -0.1) is 0 Å². The molecule has 0 unspecified atom stereocenters. The maximum absolute atomic E-state index is 12.1. The molecular weight excluding hydrogens is 346 g/mol. The number of nitrogens with one attached hydrogen (secondary N) is 1. The highest BCUT2D eigenvalue weighted by atomic mass is 35.5. The predicted octanol–water partition coefficient (Wildman–Crippen LogP) is 5.67. The van der Waals surface area contributed by atoms with Crippen molar-refractivity contribution in [3.05, 3.63) is 64.7 Å². The molecule has 0 heterocycles. The summed E-state index contributed by atoms with van der Waals surface area (Å²) in [6, 6.07) is 15.6. The van der Waals surface area contributed by atoms with E-state index >= 15 is 0 Å². The number of carbonyl (C=O) groups excluding carboxylic acids is 1. The summed E-state index contributed by atoms with van der Waals surface area (Å²) >= 11 is 5.99. The van der Waals surface area contributed by atoms with Crippen molar-refractivity contribution in [2.24, 2.45) is 0 Å². The molecule has 0 aliphatic heterocycles. The van der Waals surface area contributed by atoms with Crippen molar-refractivity contribution in [2.75, 3.05) is 6.61 Å². The van der Waals surface area contributed by atoms with Gasteiger partial charge in [-0.1, -0.05) is 56.6 Å². The van der Waals surface area contributed by atoms with E-state index in [0.29, 0.717) is 24.5 Å². The van der Waals surface area contributed by atoms with E-state index in [1.54, 1.807) is 0 Å². The van der Waals surface area contributed by atoms with Gasteiger partial charge in [0.15, 0.2) is 0 Å². The molecule has 0 aliphatic carbocycles. The van der Waals surface area contributed by atoms with E-state index in [2.05, 4.69) is 38.2 Å². The second-order valence-corrected chi connectivity index (χ2v) is 8.01. The van der Waals surface area contributed by atoms with Crippen molar-refractivity contribution in [3.8, 4) is 5.75 Å². The molecule has 1 atom stereocenters. The predicted molar refractivity (Wildman–Crippen MR) is 108 cm³/mol. The van der Waals surface area contributed by atoms with Crippen LogP contribution in [0.3, 0.4) is 0 Å². The summed E-state index contributed by atoms with van der Waals surface area (Å²) in [5, 5.41) is 3.67. The van der Waals surface area contributed by atoms with Crippen molar-refractivity contribution < 1.29 is 9.53 Å². The van der Waals surface area contributed by atoms with Crippen LogP contribution in [0.4, 0.5) is 0 Å². The van der Waals surface area contributed by atoms with Crippen LogP contribution >= 0.6 is 11.6 Å². The van der Waals surface area contributed by atoms with Gasteiger partial charge in [0.2, 0.25) is 5.91 Å². The number of ether oxygens (including phenoxy) is 1. The Morgan fingerprint density at radius 3 is 2.46 bits per heavy atom. The van der Waals surface area contributed by atoms with Gasteiger partial charge in [0.1, 0.15) is 5.75 Å². The summed E-state index contributed by atoms with van der Waals surface area (Å²) < 4.78 is 5.73. The molecule has 0 fully saturated rings. The Morgan fingerprint density at radius 2 is 1.85 bits per heavy atom. The van der Waals surface area contributed by atoms with Gasteiger partial charge in [0.25, 0.3) is 0 Å². The van der Waals surface area contributed by atoms with Crippen molar-refractivity contribution in [1.29, 1.82) is 0 Å². The van der Waals surface area contributed by atoms with Crippen LogP contribution < -0.4 is 10.1 Å². The summed E-state index contributed by atoms with van der Waals surface area (Å²) in [6.07, 6.45) is 1.11. The lowest BCUT2D eigenvalue weighted by Gasteiger charge is -2.19. The van der Waals surface area contributed by atoms with E-state index in [0.717, 1.165) is 11.3 Å². The van der Waals surface area contributed by atoms with Gasteiger partial charge >= 0.3 is 0 Å². The first kappa shape index (κ1) is 20.3. The highest BCUT2D eigenvalue weighted by Gasteiger charge is 2.13. The van der Waals surface area contributed by atoms with Gasteiger partial charge in [0.05, 0.1) is 12.6 Å². The normalized spacial score (nSPS) is 12.5. The molecule has 2 rings (SSSR count). The van der Waals surface area contributed by atoms with E-state index in [-0.39, 0.29) is 17.4 Å². The number of carbonyl (C=O) groups is 1. The number of rotatable bonds is 7. The minimum absolute atomic E-state index is 0.0177. The van der Waals surface area contributed by atoms with Crippen LogP contribution in [0.15, 0.2) is 48.5 Å². The van der Waals surface area contributed by atoms with Gasteiger partial charge in [-0.2, -0.15) is 0 Å². The molecule has 0 saturated heterocycles. The average Bonchev–Trinajstić information content (AvgIpc) is 2.58. The zero-order valence-electron chi connectivity index (χ0n) is 16.0. The van der Waals surface area contributed by atoms with E-state index in [4.69, 9.17) is 16.3 Å². The largest absolute Gasteiger partial charge is 0.494 e. The first-order chi connectivity index (χ1) is 12.3. The third-order valence-corrected chi connectivity index (χ3v) is 4.50. The second kappa shape index (κ2) is 9.09. The Kier molecular flexibility index (Phi) is 7.10. The standard InChI is InChI=1S/C22H28ClNO2/c1-16(17-7-5-8-19(23)15-17)24-21(25)9-6-14-26-20-12-10-18(11-13-20)22(2,3)4/h5,7-8,10-13,15-16H,6,9,14H2,1-4H3,(H,24,25)/t16-/m0/s1. The van der Waals surface area contributed by atoms with E-state index in [9.17, 15) is 4.79 Å². The van der Waals surface area contributed by atoms with E-state index in [1.807, 2.05) is 43.3 Å². The Labute approximate surface area is 161 Å². The van der Waals surface area contributed by atoms with E-state index < -0.39 is 0 Å². The highest BCUT2D eigenvalue weighted by Crippen LogP contribution is 2.24. The number of amides is 1. The summed E-state index contributed by atoms with van der Waals surface area (Å²) in [5.41, 5.74) is 2.41. The molecule has 1 amide bonds. The molecule has 3 nitrogen and oxygen atoms in total. The fourth-order valence-electron chi connectivity index (χ4n) is 2.65. The molecule has 4 heteroatoms. The van der Waals surface area contributed by atoms with Gasteiger partial charge in [-0.3, -0.25) is 4.79 Å². The average molecular weight is 374 g/mol. The number of benzene rings is 2. The van der Waals surface area contributed by atoms with Crippen LogP contribution in [0.2, 0.25) is 5.02 Å². The molecule has 140 valence electrons. The summed E-state index contributed by atoms with van der Waals surface area (Å²) in [7, 11) is 0. The Balaban J connectivity index is 1.71. The SMILES string of the molecule is C[C@H](NC(=O)CCCOc1ccc(C(C)(C)C)cc1)c1cccc(Cl)c1. The fraction of sp³-hybridized carbons (Fsp3) is 0.409. The monoisotopic (exact) mass is 373 g/mol. The van der Waals surface area contributed by atoms with Crippen LogP contribution in [0.25, 0.3) is 0 Å². The molecule has 0 saturated carbocycles. The van der Waals surface area contributed by atoms with Crippen LogP contribution in [-0.2, 0) is 10.2 Å². The van der Waals surface area contributed by atoms with E-state index in [1.165, 1.54) is 5.56 Å². The van der Waals surface area contributed by atoms with Gasteiger partial charge in [-0.05, 0) is 54.2 Å². The lowest BCUT2D eigenvalue weighted by Crippen LogP contribution is -2.26. The first-order valence-electron chi connectivity index (χ1n) is 9.04. The molecule has 2 aromatic carbocycles. The molecule has 2 aromatic rings. The van der Waals surface area contributed by atoms with Crippen LogP contribution in [0.1, 0.15) is 57.7 Å². The fourth-order valence-corrected chi connectivity index (χ4v) is 2.85. The minimum atomic E-state index is -0.0629. The molecule has 0 spiro atoms. The first-order valence-corrected chi connectivity index (χ1v) is 9.41. The quantitative estimate of drug-likeness (QED) is 0.634. The Bertz CT molecular complexity index is 720. The summed E-state index contributed by atoms with van der Waals surface area (Å²) in [4.78, 5) is 12.1. The third-order valence-electron chi connectivity index (χ3n) is 4.26. The van der Waals surface area contributed by atoms with Gasteiger partial charge in [-0.25, -0.2) is 0 Å². The molecule has 0 aromatic heterocycles. The minimum Gasteiger partial charge on any atom is -0.494 e. The second-order valence-electron chi connectivity index (χ2n) is 7.57. The van der Waals surface area contributed by atoms with Gasteiger partial charge in [0, 0.05) is 11.4 Å². The number of hydrogen-bond acceptors (Lipinski definition) is 2. The van der Waals surface area contributed by atoms with Crippen LogP contribution in [0.5, 0.6) is 5.75 Å². The van der Waals surface area contributed by atoms with Crippen molar-refractivity contribution >= 4 is 17.5 Å². The molecule has 0 bridgehead atoms. The van der Waals surface area contributed by atoms with Crippen molar-refractivity contribution in [2.45, 2.75) is 52.0 Å². The highest BCUT2D eigenvalue weighted by molar-refractivity contribution is 6.30. The zero-order valence-corrected chi connectivity index (χ0v) is 16.8. The van der Waals surface area contributed by atoms with Crippen LogP contribution in [-0.4, -0.2) is 12.5 Å². The van der Waals surface area contributed by atoms with Crippen molar-refractivity contribution in [1.82, 2.24) is 5.32 Å². The van der Waals surface area contributed by atoms with Crippen LogP contribution in [0, 0.1) is 0 Å². The molecule has 26 heavy (non-hydrogen) atoms.